The first-order valence-electron chi connectivity index (χ1n) is 6.19. The van der Waals surface area contributed by atoms with Crippen LogP contribution in [0.1, 0.15) is 18.1 Å². The van der Waals surface area contributed by atoms with Crippen molar-refractivity contribution in [2.75, 3.05) is 13.1 Å². The maximum absolute atomic E-state index is 11.8. The number of carbonyl (C=O) groups is 1. The van der Waals surface area contributed by atoms with Gasteiger partial charge in [-0.2, -0.15) is 0 Å². The molecule has 6 heteroatoms. The molecular formula is C13H17ClN2O3. The molecule has 0 saturated carbocycles. The minimum absolute atomic E-state index is 0.0941. The molecule has 3 atom stereocenters. The Morgan fingerprint density at radius 2 is 2.26 bits per heavy atom. The average molecular weight is 285 g/mol. The van der Waals surface area contributed by atoms with E-state index < -0.39 is 18.2 Å². The number of halogens is 1. The molecule has 1 aromatic rings. The molecule has 1 aliphatic rings. The van der Waals surface area contributed by atoms with Crippen LogP contribution in [0.15, 0.2) is 24.3 Å². The summed E-state index contributed by atoms with van der Waals surface area (Å²) < 4.78 is 0. The Morgan fingerprint density at radius 1 is 1.53 bits per heavy atom. The van der Waals surface area contributed by atoms with Gasteiger partial charge in [-0.1, -0.05) is 29.8 Å². The zero-order valence-electron chi connectivity index (χ0n) is 10.3. The minimum Gasteiger partial charge on any atom is -0.392 e. The Bertz CT molecular complexity index is 455. The molecule has 1 aliphatic heterocycles. The van der Waals surface area contributed by atoms with Crippen LogP contribution in [0.5, 0.6) is 0 Å². The SMILES string of the molecule is O=C(NC[C@H](O)c1ccccc1Cl)[C@@H]1C[C@H](O)CN1. The van der Waals surface area contributed by atoms with Gasteiger partial charge in [0.15, 0.2) is 0 Å². The largest absolute Gasteiger partial charge is 0.392 e. The lowest BCUT2D eigenvalue weighted by atomic mass is 10.1. The van der Waals surface area contributed by atoms with Crippen molar-refractivity contribution in [3.63, 3.8) is 0 Å². The number of benzene rings is 1. The summed E-state index contributed by atoms with van der Waals surface area (Å²) in [6.45, 7) is 0.516. The molecular weight excluding hydrogens is 268 g/mol. The van der Waals surface area contributed by atoms with Crippen molar-refractivity contribution < 1.29 is 15.0 Å². The van der Waals surface area contributed by atoms with Crippen LogP contribution in [0.25, 0.3) is 0 Å². The highest BCUT2D eigenvalue weighted by molar-refractivity contribution is 6.31. The Kier molecular flexibility index (Phi) is 4.76. The van der Waals surface area contributed by atoms with Crippen LogP contribution < -0.4 is 10.6 Å². The fourth-order valence-corrected chi connectivity index (χ4v) is 2.35. The maximum atomic E-state index is 11.8. The quantitative estimate of drug-likeness (QED) is 0.637. The summed E-state index contributed by atoms with van der Waals surface area (Å²) in [4.78, 5) is 11.8. The third-order valence-electron chi connectivity index (χ3n) is 3.16. The van der Waals surface area contributed by atoms with Gasteiger partial charge in [-0.25, -0.2) is 0 Å². The number of amides is 1. The number of hydrogen-bond donors (Lipinski definition) is 4. The molecule has 0 aromatic heterocycles. The molecule has 0 bridgehead atoms. The number of carbonyl (C=O) groups excluding carboxylic acids is 1. The molecule has 1 saturated heterocycles. The fraction of sp³-hybridized carbons (Fsp3) is 0.462. The van der Waals surface area contributed by atoms with Crippen LogP contribution in [-0.4, -0.2) is 41.4 Å². The van der Waals surface area contributed by atoms with E-state index in [4.69, 9.17) is 11.6 Å². The summed E-state index contributed by atoms with van der Waals surface area (Å²) >= 11 is 5.96. The average Bonchev–Trinajstić information content (AvgIpc) is 2.83. The predicted octanol–water partition coefficient (Wildman–Crippen LogP) is 0.212. The zero-order valence-corrected chi connectivity index (χ0v) is 11.1. The second kappa shape index (κ2) is 6.34. The summed E-state index contributed by atoms with van der Waals surface area (Å²) in [5.41, 5.74) is 0.587. The molecule has 1 heterocycles. The van der Waals surface area contributed by atoms with Crippen LogP contribution in [0.3, 0.4) is 0 Å². The van der Waals surface area contributed by atoms with Crippen LogP contribution in [-0.2, 0) is 4.79 Å². The number of hydrogen-bond acceptors (Lipinski definition) is 4. The summed E-state index contributed by atoms with van der Waals surface area (Å²) in [5, 5.41) is 25.3. The lowest BCUT2D eigenvalue weighted by Crippen LogP contribution is -2.41. The number of aliphatic hydroxyl groups is 2. The zero-order chi connectivity index (χ0) is 13.8. The summed E-state index contributed by atoms with van der Waals surface area (Å²) in [6, 6.07) is 6.57. The third-order valence-corrected chi connectivity index (χ3v) is 3.50. The molecule has 0 unspecified atom stereocenters. The van der Waals surface area contributed by atoms with Crippen LogP contribution in [0.4, 0.5) is 0 Å². The van der Waals surface area contributed by atoms with Gasteiger partial charge in [0.2, 0.25) is 5.91 Å². The van der Waals surface area contributed by atoms with Crippen molar-refractivity contribution in [3.8, 4) is 0 Å². The van der Waals surface area contributed by atoms with Gasteiger partial charge in [-0.15, -0.1) is 0 Å². The van der Waals surface area contributed by atoms with Gasteiger partial charge in [0, 0.05) is 23.7 Å². The van der Waals surface area contributed by atoms with E-state index >= 15 is 0 Å². The van der Waals surface area contributed by atoms with E-state index in [9.17, 15) is 15.0 Å². The van der Waals surface area contributed by atoms with Gasteiger partial charge in [0.1, 0.15) is 0 Å². The highest BCUT2D eigenvalue weighted by Gasteiger charge is 2.28. The Labute approximate surface area is 116 Å². The van der Waals surface area contributed by atoms with Gasteiger partial charge in [0.25, 0.3) is 0 Å². The normalized spacial score (nSPS) is 24.2. The smallest absolute Gasteiger partial charge is 0.237 e. The first-order valence-corrected chi connectivity index (χ1v) is 6.57. The van der Waals surface area contributed by atoms with Crippen LogP contribution >= 0.6 is 11.6 Å². The molecule has 0 radical (unpaired) electrons. The van der Waals surface area contributed by atoms with Crippen molar-refractivity contribution in [1.82, 2.24) is 10.6 Å². The van der Waals surface area contributed by atoms with E-state index in [1.807, 2.05) is 0 Å². The minimum atomic E-state index is -0.844. The number of β-amino-alcohol motifs (C(OH)–C–C–N with tert-alkyl or cyclic N) is 1. The molecule has 1 fully saturated rings. The number of aliphatic hydroxyl groups excluding tert-OH is 2. The van der Waals surface area contributed by atoms with Crippen molar-refractivity contribution in [2.24, 2.45) is 0 Å². The van der Waals surface area contributed by atoms with Gasteiger partial charge in [-0.3, -0.25) is 4.79 Å². The Balaban J connectivity index is 1.85. The van der Waals surface area contributed by atoms with E-state index in [1.165, 1.54) is 0 Å². The molecule has 0 aliphatic carbocycles. The highest BCUT2D eigenvalue weighted by atomic mass is 35.5. The van der Waals surface area contributed by atoms with Gasteiger partial charge >= 0.3 is 0 Å². The van der Waals surface area contributed by atoms with Gasteiger partial charge in [0.05, 0.1) is 18.2 Å². The van der Waals surface area contributed by atoms with Gasteiger partial charge in [-0.05, 0) is 12.5 Å². The Hall–Kier alpha value is -1.14. The van der Waals surface area contributed by atoms with E-state index in [1.54, 1.807) is 24.3 Å². The molecule has 19 heavy (non-hydrogen) atoms. The van der Waals surface area contributed by atoms with Gasteiger partial charge < -0.3 is 20.8 Å². The maximum Gasteiger partial charge on any atom is 0.237 e. The Morgan fingerprint density at radius 3 is 2.89 bits per heavy atom. The van der Waals surface area contributed by atoms with Crippen molar-refractivity contribution in [3.05, 3.63) is 34.9 Å². The summed E-state index contributed by atoms with van der Waals surface area (Å²) in [6.07, 6.45) is -0.929. The van der Waals surface area contributed by atoms with Crippen LogP contribution in [0.2, 0.25) is 5.02 Å². The molecule has 0 spiro atoms. The summed E-state index contributed by atoms with van der Waals surface area (Å²) in [5.74, 6) is -0.220. The van der Waals surface area contributed by atoms with Crippen molar-refractivity contribution >= 4 is 17.5 Å². The second-order valence-corrected chi connectivity index (χ2v) is 5.04. The fourth-order valence-electron chi connectivity index (χ4n) is 2.09. The van der Waals surface area contributed by atoms with Crippen LogP contribution in [0, 0.1) is 0 Å². The highest BCUT2D eigenvalue weighted by Crippen LogP contribution is 2.21. The van der Waals surface area contributed by atoms with Crippen molar-refractivity contribution in [1.29, 1.82) is 0 Å². The monoisotopic (exact) mass is 284 g/mol. The standard InChI is InChI=1S/C13H17ClN2O3/c14-10-4-2-1-3-9(10)12(18)7-16-13(19)11-5-8(17)6-15-11/h1-4,8,11-12,15,17-18H,5-7H2,(H,16,19)/t8-,11-,12-/m0/s1. The second-order valence-electron chi connectivity index (χ2n) is 4.63. The summed E-state index contributed by atoms with van der Waals surface area (Å²) in [7, 11) is 0. The number of rotatable bonds is 4. The lowest BCUT2D eigenvalue weighted by Gasteiger charge is -2.16. The van der Waals surface area contributed by atoms with E-state index in [2.05, 4.69) is 10.6 Å². The first kappa shape index (κ1) is 14.3. The molecule has 5 nitrogen and oxygen atoms in total. The molecule has 2 rings (SSSR count). The predicted molar refractivity (Wildman–Crippen MR) is 71.8 cm³/mol. The molecule has 1 aromatic carbocycles. The first-order chi connectivity index (χ1) is 9.08. The topological polar surface area (TPSA) is 81.6 Å². The molecule has 104 valence electrons. The third kappa shape index (κ3) is 3.67. The molecule has 4 N–H and O–H groups in total. The van der Waals surface area contributed by atoms with E-state index in [0.717, 1.165) is 0 Å². The van der Waals surface area contributed by atoms with E-state index in [-0.39, 0.29) is 12.5 Å². The lowest BCUT2D eigenvalue weighted by molar-refractivity contribution is -0.123. The van der Waals surface area contributed by atoms with E-state index in [0.29, 0.717) is 23.6 Å². The van der Waals surface area contributed by atoms with Crippen molar-refractivity contribution in [2.45, 2.75) is 24.7 Å². The molecule has 1 amide bonds. The number of nitrogens with one attached hydrogen (secondary N) is 2.